The lowest BCUT2D eigenvalue weighted by Crippen LogP contribution is -2.41. The minimum absolute atomic E-state index is 0.219. The average Bonchev–Trinajstić information content (AvgIpc) is 2.96. The Hall–Kier alpha value is -1.91. The highest BCUT2D eigenvalue weighted by molar-refractivity contribution is 5.69. The molecule has 0 radical (unpaired) electrons. The maximum Gasteiger partial charge on any atom is 0.410 e. The van der Waals surface area contributed by atoms with Crippen molar-refractivity contribution >= 4 is 11.8 Å². The summed E-state index contributed by atoms with van der Waals surface area (Å²) >= 11 is 0. The molecule has 5 heteroatoms. The Morgan fingerprint density at radius 2 is 1.96 bits per heavy atom. The molecule has 1 aromatic rings. The molecule has 128 valence electrons. The Labute approximate surface area is 138 Å². The molecule has 0 aliphatic heterocycles. The molecule has 1 aliphatic rings. The number of methoxy groups -OCH3 is 1. The third-order valence-corrected chi connectivity index (χ3v) is 4.04. The predicted octanol–water partition coefficient (Wildman–Crippen LogP) is 3.96. The van der Waals surface area contributed by atoms with E-state index in [4.69, 9.17) is 15.2 Å². The van der Waals surface area contributed by atoms with Gasteiger partial charge >= 0.3 is 6.09 Å². The Kier molecular flexibility index (Phi) is 5.39. The van der Waals surface area contributed by atoms with E-state index in [1.165, 1.54) is 0 Å². The van der Waals surface area contributed by atoms with Crippen molar-refractivity contribution in [1.82, 2.24) is 4.90 Å². The highest BCUT2D eigenvalue weighted by atomic mass is 16.6. The van der Waals surface area contributed by atoms with Gasteiger partial charge in [-0.25, -0.2) is 4.79 Å². The van der Waals surface area contributed by atoms with E-state index in [-0.39, 0.29) is 12.1 Å². The fraction of sp³-hybridized carbons (Fsp3) is 0.611. The summed E-state index contributed by atoms with van der Waals surface area (Å²) in [6, 6.07) is 5.73. The summed E-state index contributed by atoms with van der Waals surface area (Å²) in [6.07, 6.45) is 4.07. The molecule has 1 saturated carbocycles. The summed E-state index contributed by atoms with van der Waals surface area (Å²) in [5, 5.41) is 0. The zero-order chi connectivity index (χ0) is 17.0. The fourth-order valence-electron chi connectivity index (χ4n) is 2.98. The number of carbonyl (C=O) groups excluding carboxylic acids is 1. The van der Waals surface area contributed by atoms with Crippen molar-refractivity contribution in [2.24, 2.45) is 0 Å². The molecular formula is C18H28N2O3. The van der Waals surface area contributed by atoms with E-state index in [1.807, 2.05) is 37.8 Å². The van der Waals surface area contributed by atoms with Gasteiger partial charge in [0.2, 0.25) is 0 Å². The van der Waals surface area contributed by atoms with Crippen molar-refractivity contribution in [1.29, 1.82) is 0 Å². The molecular weight excluding hydrogens is 292 g/mol. The topological polar surface area (TPSA) is 64.8 Å². The van der Waals surface area contributed by atoms with Gasteiger partial charge in [0, 0.05) is 17.3 Å². The summed E-state index contributed by atoms with van der Waals surface area (Å²) < 4.78 is 11.0. The molecule has 2 rings (SSSR count). The van der Waals surface area contributed by atoms with E-state index in [0.29, 0.717) is 12.2 Å². The van der Waals surface area contributed by atoms with Crippen LogP contribution < -0.4 is 10.5 Å². The predicted molar refractivity (Wildman–Crippen MR) is 91.4 cm³/mol. The van der Waals surface area contributed by atoms with Gasteiger partial charge in [0.25, 0.3) is 0 Å². The van der Waals surface area contributed by atoms with E-state index in [1.54, 1.807) is 13.2 Å². The number of nitrogen functional groups attached to an aromatic ring is 1. The molecule has 0 spiro atoms. The first-order valence-corrected chi connectivity index (χ1v) is 8.22. The van der Waals surface area contributed by atoms with Crippen LogP contribution in [0.3, 0.4) is 0 Å². The molecule has 1 amide bonds. The van der Waals surface area contributed by atoms with Crippen LogP contribution in [-0.4, -0.2) is 29.7 Å². The summed E-state index contributed by atoms with van der Waals surface area (Å²) in [4.78, 5) is 14.5. The lowest BCUT2D eigenvalue weighted by atomic mass is 10.1. The summed E-state index contributed by atoms with van der Waals surface area (Å²) in [5.41, 5.74) is 6.96. The number of hydrogen-bond acceptors (Lipinski definition) is 4. The van der Waals surface area contributed by atoms with Crippen LogP contribution in [0.2, 0.25) is 0 Å². The molecule has 5 nitrogen and oxygen atoms in total. The van der Waals surface area contributed by atoms with Gasteiger partial charge in [-0.05, 0) is 51.8 Å². The highest BCUT2D eigenvalue weighted by Gasteiger charge is 2.31. The third-order valence-electron chi connectivity index (χ3n) is 4.04. The number of amides is 1. The van der Waals surface area contributed by atoms with E-state index in [0.717, 1.165) is 37.0 Å². The van der Waals surface area contributed by atoms with Crippen molar-refractivity contribution in [2.45, 2.75) is 64.6 Å². The maximum absolute atomic E-state index is 12.7. The molecule has 0 heterocycles. The molecule has 0 aromatic heterocycles. The third kappa shape index (κ3) is 4.78. The summed E-state index contributed by atoms with van der Waals surface area (Å²) in [6.45, 7) is 6.12. The van der Waals surface area contributed by atoms with Gasteiger partial charge in [-0.2, -0.15) is 0 Å². The van der Waals surface area contributed by atoms with Gasteiger partial charge in [-0.3, -0.25) is 0 Å². The number of benzene rings is 1. The standard InChI is InChI=1S/C18H28N2O3/c1-18(2,3)23-17(21)20(15-7-5-6-8-15)12-13-11-14(19)9-10-16(13)22-4/h9-11,15H,5-8,12,19H2,1-4H3. The van der Waals surface area contributed by atoms with E-state index >= 15 is 0 Å². The summed E-state index contributed by atoms with van der Waals surface area (Å²) in [7, 11) is 1.63. The highest BCUT2D eigenvalue weighted by Crippen LogP contribution is 2.29. The Bertz CT molecular complexity index is 546. The Balaban J connectivity index is 2.24. The van der Waals surface area contributed by atoms with Crippen molar-refractivity contribution in [3.63, 3.8) is 0 Å². The van der Waals surface area contributed by atoms with Crippen LogP contribution in [0.15, 0.2) is 18.2 Å². The number of rotatable bonds is 4. The zero-order valence-electron chi connectivity index (χ0n) is 14.6. The monoisotopic (exact) mass is 320 g/mol. The van der Waals surface area contributed by atoms with Crippen LogP contribution in [0.1, 0.15) is 52.0 Å². The number of nitrogens with zero attached hydrogens (tertiary/aromatic N) is 1. The van der Waals surface area contributed by atoms with E-state index in [9.17, 15) is 4.79 Å². The molecule has 0 bridgehead atoms. The lowest BCUT2D eigenvalue weighted by molar-refractivity contribution is 0.0143. The minimum Gasteiger partial charge on any atom is -0.496 e. The van der Waals surface area contributed by atoms with Crippen LogP contribution in [0, 0.1) is 0 Å². The SMILES string of the molecule is COc1ccc(N)cc1CN(C(=O)OC(C)(C)C)C1CCCC1. The van der Waals surface area contributed by atoms with Crippen LogP contribution in [0.25, 0.3) is 0 Å². The maximum atomic E-state index is 12.7. The van der Waals surface area contributed by atoms with Crippen LogP contribution >= 0.6 is 0 Å². The zero-order valence-corrected chi connectivity index (χ0v) is 14.6. The number of ether oxygens (including phenoxy) is 2. The van der Waals surface area contributed by atoms with Crippen molar-refractivity contribution in [2.75, 3.05) is 12.8 Å². The van der Waals surface area contributed by atoms with Crippen LogP contribution in [0.4, 0.5) is 10.5 Å². The molecule has 1 fully saturated rings. The summed E-state index contributed by atoms with van der Waals surface area (Å²) in [5.74, 6) is 0.741. The van der Waals surface area contributed by atoms with Crippen molar-refractivity contribution < 1.29 is 14.3 Å². The normalized spacial score (nSPS) is 15.5. The van der Waals surface area contributed by atoms with E-state index < -0.39 is 5.60 Å². The van der Waals surface area contributed by atoms with Gasteiger partial charge in [-0.1, -0.05) is 12.8 Å². The first-order chi connectivity index (χ1) is 10.8. The lowest BCUT2D eigenvalue weighted by Gasteiger charge is -2.32. The number of carbonyl (C=O) groups is 1. The smallest absolute Gasteiger partial charge is 0.410 e. The molecule has 23 heavy (non-hydrogen) atoms. The molecule has 1 aromatic carbocycles. The first kappa shape index (κ1) is 17.4. The first-order valence-electron chi connectivity index (χ1n) is 8.22. The number of nitrogens with two attached hydrogens (primary N) is 1. The van der Waals surface area contributed by atoms with Crippen LogP contribution in [-0.2, 0) is 11.3 Å². The van der Waals surface area contributed by atoms with Gasteiger partial charge in [0.05, 0.1) is 13.7 Å². The largest absolute Gasteiger partial charge is 0.496 e. The van der Waals surface area contributed by atoms with Crippen molar-refractivity contribution in [3.05, 3.63) is 23.8 Å². The minimum atomic E-state index is -0.506. The second kappa shape index (κ2) is 7.11. The molecule has 0 unspecified atom stereocenters. The second-order valence-electron chi connectivity index (χ2n) is 7.12. The molecule has 2 N–H and O–H groups in total. The van der Waals surface area contributed by atoms with Gasteiger partial charge in [0.15, 0.2) is 0 Å². The Morgan fingerprint density at radius 1 is 1.30 bits per heavy atom. The van der Waals surface area contributed by atoms with Crippen LogP contribution in [0.5, 0.6) is 5.75 Å². The molecule has 1 aliphatic carbocycles. The molecule has 0 saturated heterocycles. The average molecular weight is 320 g/mol. The Morgan fingerprint density at radius 3 is 2.52 bits per heavy atom. The van der Waals surface area contributed by atoms with Gasteiger partial charge in [-0.15, -0.1) is 0 Å². The van der Waals surface area contributed by atoms with E-state index in [2.05, 4.69) is 0 Å². The number of anilines is 1. The fourth-order valence-corrected chi connectivity index (χ4v) is 2.98. The quantitative estimate of drug-likeness (QED) is 0.853. The van der Waals surface area contributed by atoms with Gasteiger partial charge in [0.1, 0.15) is 11.4 Å². The second-order valence-corrected chi connectivity index (χ2v) is 7.12. The van der Waals surface area contributed by atoms with Crippen molar-refractivity contribution in [3.8, 4) is 5.75 Å². The van der Waals surface area contributed by atoms with Gasteiger partial charge < -0.3 is 20.1 Å². The number of hydrogen-bond donors (Lipinski definition) is 1. The molecule has 0 atom stereocenters.